The standard InChI is InChI=1S/C33H29F6NO2/c1-21-8-3-4-11-26(21)27-17-24(15-14-22(27)2)31(18-23-9-7-10-25(16-23)42-33(37,38)39)20-40(19-30(41)32(34,35)36)29-13-6-5-12-28(29)31/h3-17,30,41H,18-20H2,1-2H3/t30-,31?/m1/s1. The molecule has 5 rings (SSSR count). The third kappa shape index (κ3) is 5.97. The van der Waals surface area contributed by atoms with Crippen LogP contribution in [0.3, 0.4) is 0 Å². The molecule has 4 aromatic rings. The number of aliphatic hydroxyl groups excluding tert-OH is 1. The SMILES string of the molecule is Cc1ccccc1-c1cc(C2(Cc3cccc(OC(F)(F)F)c3)CN(C[C@@H](O)C(F)(F)F)c3ccccc32)ccc1C. The largest absolute Gasteiger partial charge is 0.573 e. The van der Waals surface area contributed by atoms with Gasteiger partial charge in [-0.25, -0.2) is 0 Å². The summed E-state index contributed by atoms with van der Waals surface area (Å²) in [5.41, 5.74) is 5.61. The molecule has 0 radical (unpaired) electrons. The molecule has 3 nitrogen and oxygen atoms in total. The van der Waals surface area contributed by atoms with Crippen molar-refractivity contribution in [2.45, 2.75) is 44.3 Å². The monoisotopic (exact) mass is 585 g/mol. The Morgan fingerprint density at radius 2 is 1.50 bits per heavy atom. The highest BCUT2D eigenvalue weighted by Gasteiger charge is 2.47. The molecular weight excluding hydrogens is 556 g/mol. The Kier molecular flexibility index (Phi) is 7.74. The lowest BCUT2D eigenvalue weighted by molar-refractivity contribution is -0.274. The van der Waals surface area contributed by atoms with Gasteiger partial charge >= 0.3 is 12.5 Å². The molecule has 42 heavy (non-hydrogen) atoms. The Morgan fingerprint density at radius 3 is 2.21 bits per heavy atom. The van der Waals surface area contributed by atoms with Crippen molar-refractivity contribution in [2.75, 3.05) is 18.0 Å². The minimum absolute atomic E-state index is 0.0696. The quantitative estimate of drug-likeness (QED) is 0.222. The van der Waals surface area contributed by atoms with E-state index in [1.54, 1.807) is 24.3 Å². The highest BCUT2D eigenvalue weighted by atomic mass is 19.4. The van der Waals surface area contributed by atoms with E-state index in [2.05, 4.69) is 4.74 Å². The van der Waals surface area contributed by atoms with Crippen molar-refractivity contribution < 1.29 is 36.2 Å². The second-order valence-corrected chi connectivity index (χ2v) is 10.8. The highest BCUT2D eigenvalue weighted by molar-refractivity contribution is 5.74. The summed E-state index contributed by atoms with van der Waals surface area (Å²) in [5, 5.41) is 10.0. The van der Waals surface area contributed by atoms with Crippen molar-refractivity contribution in [1.29, 1.82) is 0 Å². The molecular formula is C33H29F6NO2. The van der Waals surface area contributed by atoms with Gasteiger partial charge in [0, 0.05) is 17.6 Å². The van der Waals surface area contributed by atoms with Crippen molar-refractivity contribution in [3.63, 3.8) is 0 Å². The maximum absolute atomic E-state index is 13.5. The van der Waals surface area contributed by atoms with Gasteiger partial charge in [0.25, 0.3) is 0 Å². The number of alkyl halides is 6. The van der Waals surface area contributed by atoms with E-state index in [1.807, 2.05) is 62.4 Å². The fourth-order valence-corrected chi connectivity index (χ4v) is 5.91. The van der Waals surface area contributed by atoms with Crippen LogP contribution in [0, 0.1) is 13.8 Å². The summed E-state index contributed by atoms with van der Waals surface area (Å²) in [6.45, 7) is 3.36. The van der Waals surface area contributed by atoms with Gasteiger partial charge in [-0.2, -0.15) is 13.2 Å². The van der Waals surface area contributed by atoms with Crippen molar-refractivity contribution in [2.24, 2.45) is 0 Å². The van der Waals surface area contributed by atoms with E-state index in [9.17, 15) is 31.4 Å². The summed E-state index contributed by atoms with van der Waals surface area (Å²) >= 11 is 0. The molecule has 1 N–H and O–H groups in total. The first-order valence-electron chi connectivity index (χ1n) is 13.4. The summed E-state index contributed by atoms with van der Waals surface area (Å²) < 4.78 is 83.6. The maximum atomic E-state index is 13.5. The lowest BCUT2D eigenvalue weighted by Gasteiger charge is -2.33. The number of benzene rings is 4. The van der Waals surface area contributed by atoms with E-state index in [1.165, 1.54) is 23.1 Å². The maximum Gasteiger partial charge on any atom is 0.573 e. The van der Waals surface area contributed by atoms with Gasteiger partial charge in [-0.3, -0.25) is 0 Å². The zero-order valence-corrected chi connectivity index (χ0v) is 22.9. The van der Waals surface area contributed by atoms with E-state index < -0.39 is 30.6 Å². The van der Waals surface area contributed by atoms with Gasteiger partial charge in [0.05, 0.1) is 6.54 Å². The zero-order valence-electron chi connectivity index (χ0n) is 22.9. The Balaban J connectivity index is 1.68. The van der Waals surface area contributed by atoms with Gasteiger partial charge in [-0.05, 0) is 83.5 Å². The number of β-amino-alcohol motifs (C(OH)–C–C–N with tert-alkyl or cyclic N) is 1. The number of aryl methyl sites for hydroxylation is 2. The lowest BCUT2D eigenvalue weighted by atomic mass is 9.71. The van der Waals surface area contributed by atoms with Crippen molar-refractivity contribution in [1.82, 2.24) is 0 Å². The molecule has 0 fully saturated rings. The lowest BCUT2D eigenvalue weighted by Crippen LogP contribution is -2.44. The summed E-state index contributed by atoms with van der Waals surface area (Å²) in [7, 11) is 0. The fraction of sp³-hybridized carbons (Fsp3) is 0.273. The Bertz CT molecular complexity index is 1580. The molecule has 9 heteroatoms. The van der Waals surface area contributed by atoms with Gasteiger partial charge in [-0.1, -0.05) is 66.7 Å². The normalized spacial score (nSPS) is 17.7. The fourth-order valence-electron chi connectivity index (χ4n) is 5.91. The predicted molar refractivity (Wildman–Crippen MR) is 150 cm³/mol. The van der Waals surface area contributed by atoms with Crippen LogP contribution in [0.15, 0.2) is 91.0 Å². The van der Waals surface area contributed by atoms with Crippen LogP contribution in [-0.4, -0.2) is 36.8 Å². The second-order valence-electron chi connectivity index (χ2n) is 10.8. The summed E-state index contributed by atoms with van der Waals surface area (Å²) in [6, 6.07) is 26.5. The first-order valence-corrected chi connectivity index (χ1v) is 13.4. The molecule has 220 valence electrons. The molecule has 1 unspecified atom stereocenters. The molecule has 4 aromatic carbocycles. The van der Waals surface area contributed by atoms with Crippen molar-refractivity contribution in [3.05, 3.63) is 119 Å². The predicted octanol–water partition coefficient (Wildman–Crippen LogP) is 8.14. The van der Waals surface area contributed by atoms with Gasteiger partial charge in [0.15, 0.2) is 6.10 Å². The van der Waals surface area contributed by atoms with Crippen LogP contribution in [0.25, 0.3) is 11.1 Å². The topological polar surface area (TPSA) is 32.7 Å². The zero-order chi connectivity index (χ0) is 30.3. The van der Waals surface area contributed by atoms with Gasteiger partial charge in [0.1, 0.15) is 5.75 Å². The Morgan fingerprint density at radius 1 is 0.810 bits per heavy atom. The number of ether oxygens (including phenoxy) is 1. The molecule has 0 bridgehead atoms. The number of para-hydroxylation sites is 1. The van der Waals surface area contributed by atoms with Crippen LogP contribution in [0.1, 0.15) is 27.8 Å². The van der Waals surface area contributed by atoms with Gasteiger partial charge in [-0.15, -0.1) is 13.2 Å². The molecule has 1 heterocycles. The number of fused-ring (bicyclic) bond motifs is 1. The van der Waals surface area contributed by atoms with E-state index >= 15 is 0 Å². The molecule has 0 aromatic heterocycles. The minimum Gasteiger partial charge on any atom is -0.406 e. The molecule has 2 atom stereocenters. The van der Waals surface area contributed by atoms with E-state index in [0.717, 1.165) is 33.4 Å². The van der Waals surface area contributed by atoms with Crippen LogP contribution in [-0.2, 0) is 11.8 Å². The number of aliphatic hydroxyl groups is 1. The molecule has 1 aliphatic rings. The number of rotatable bonds is 7. The highest BCUT2D eigenvalue weighted by Crippen LogP contribution is 2.49. The number of anilines is 1. The average Bonchev–Trinajstić information content (AvgIpc) is 3.22. The molecule has 0 saturated carbocycles. The third-order valence-corrected chi connectivity index (χ3v) is 7.86. The van der Waals surface area contributed by atoms with Gasteiger partial charge < -0.3 is 14.7 Å². The molecule has 0 aliphatic carbocycles. The molecule has 0 amide bonds. The Hall–Kier alpha value is -3.98. The van der Waals surface area contributed by atoms with Crippen LogP contribution in [0.2, 0.25) is 0 Å². The van der Waals surface area contributed by atoms with Crippen LogP contribution < -0.4 is 9.64 Å². The van der Waals surface area contributed by atoms with Crippen LogP contribution >= 0.6 is 0 Å². The summed E-state index contributed by atoms with van der Waals surface area (Å²) in [6.07, 6.45) is -12.1. The first kappa shape index (κ1) is 29.5. The average molecular weight is 586 g/mol. The molecule has 1 aliphatic heterocycles. The van der Waals surface area contributed by atoms with Crippen LogP contribution in [0.5, 0.6) is 5.75 Å². The van der Waals surface area contributed by atoms with Crippen molar-refractivity contribution >= 4 is 5.69 Å². The van der Waals surface area contributed by atoms with E-state index in [0.29, 0.717) is 11.3 Å². The number of halogens is 6. The number of hydrogen-bond acceptors (Lipinski definition) is 3. The third-order valence-electron chi connectivity index (χ3n) is 7.86. The van der Waals surface area contributed by atoms with Gasteiger partial charge in [0.2, 0.25) is 0 Å². The molecule has 0 spiro atoms. The van der Waals surface area contributed by atoms with E-state index in [4.69, 9.17) is 0 Å². The van der Waals surface area contributed by atoms with E-state index in [-0.39, 0.29) is 18.7 Å². The smallest absolute Gasteiger partial charge is 0.406 e. The summed E-state index contributed by atoms with van der Waals surface area (Å²) in [4.78, 5) is 1.51. The number of nitrogens with zero attached hydrogens (tertiary/aromatic N) is 1. The second kappa shape index (κ2) is 11.0. The first-order chi connectivity index (χ1) is 19.8. The Labute approximate surface area is 240 Å². The minimum atomic E-state index is -4.87. The van der Waals surface area contributed by atoms with Crippen molar-refractivity contribution in [3.8, 4) is 16.9 Å². The number of hydrogen-bond donors (Lipinski definition) is 1. The van der Waals surface area contributed by atoms with Crippen LogP contribution in [0.4, 0.5) is 32.0 Å². The molecule has 0 saturated heterocycles. The summed E-state index contributed by atoms with van der Waals surface area (Å²) in [5.74, 6) is -0.379.